The highest BCUT2D eigenvalue weighted by Crippen LogP contribution is 2.21. The Kier molecular flexibility index (Phi) is 6.54. The average molecular weight is 370 g/mol. The lowest BCUT2D eigenvalue weighted by molar-refractivity contribution is -0.133. The molecule has 1 aliphatic heterocycles. The van der Waals surface area contributed by atoms with Crippen LogP contribution in [0.4, 0.5) is 0 Å². The number of nitrogens with zero attached hydrogens (tertiary/aromatic N) is 5. The normalized spacial score (nSPS) is 15.6. The lowest BCUT2D eigenvalue weighted by atomic mass is 10.1. The van der Waals surface area contributed by atoms with Gasteiger partial charge in [0.25, 0.3) is 0 Å². The topological polar surface area (TPSA) is 97.3 Å². The SMILES string of the molecule is NC(=O)CCN(Cc1ccccc1)C(=O)CN1CCC(n2cncn2)CC1. The summed E-state index contributed by atoms with van der Waals surface area (Å²) in [6.07, 6.45) is 5.35. The summed E-state index contributed by atoms with van der Waals surface area (Å²) >= 11 is 0. The zero-order valence-electron chi connectivity index (χ0n) is 15.4. The first-order valence-corrected chi connectivity index (χ1v) is 9.28. The summed E-state index contributed by atoms with van der Waals surface area (Å²) < 4.78 is 1.90. The third kappa shape index (κ3) is 5.62. The van der Waals surface area contributed by atoms with Gasteiger partial charge in [-0.15, -0.1) is 0 Å². The summed E-state index contributed by atoms with van der Waals surface area (Å²) in [5, 5.41) is 4.21. The van der Waals surface area contributed by atoms with E-state index >= 15 is 0 Å². The van der Waals surface area contributed by atoms with Gasteiger partial charge in [-0.2, -0.15) is 5.10 Å². The molecule has 0 aliphatic carbocycles. The van der Waals surface area contributed by atoms with E-state index in [9.17, 15) is 9.59 Å². The van der Waals surface area contributed by atoms with Crippen LogP contribution in [-0.2, 0) is 16.1 Å². The highest BCUT2D eigenvalue weighted by molar-refractivity contribution is 5.79. The molecule has 2 amide bonds. The van der Waals surface area contributed by atoms with Crippen LogP contribution in [0.1, 0.15) is 30.9 Å². The third-order valence-electron chi connectivity index (χ3n) is 4.92. The van der Waals surface area contributed by atoms with Gasteiger partial charge in [0.2, 0.25) is 11.8 Å². The van der Waals surface area contributed by atoms with Crippen molar-refractivity contribution in [3.8, 4) is 0 Å². The van der Waals surface area contributed by atoms with Gasteiger partial charge in [-0.25, -0.2) is 9.67 Å². The van der Waals surface area contributed by atoms with Crippen molar-refractivity contribution in [2.45, 2.75) is 31.8 Å². The number of hydrogen-bond acceptors (Lipinski definition) is 5. The number of carbonyl (C=O) groups is 2. The molecule has 0 radical (unpaired) electrons. The lowest BCUT2D eigenvalue weighted by Gasteiger charge is -2.33. The first-order valence-electron chi connectivity index (χ1n) is 9.28. The second kappa shape index (κ2) is 9.27. The molecular weight excluding hydrogens is 344 g/mol. The molecule has 1 aliphatic rings. The van der Waals surface area contributed by atoms with Gasteiger partial charge in [-0.1, -0.05) is 30.3 Å². The molecule has 8 heteroatoms. The quantitative estimate of drug-likeness (QED) is 0.742. The van der Waals surface area contributed by atoms with Gasteiger partial charge in [-0.05, 0) is 18.4 Å². The lowest BCUT2D eigenvalue weighted by Crippen LogP contribution is -2.44. The van der Waals surface area contributed by atoms with Gasteiger partial charge in [0, 0.05) is 32.6 Å². The van der Waals surface area contributed by atoms with Crippen LogP contribution >= 0.6 is 0 Å². The summed E-state index contributed by atoms with van der Waals surface area (Å²) in [5.41, 5.74) is 6.32. The number of primary amides is 1. The van der Waals surface area contributed by atoms with E-state index in [4.69, 9.17) is 5.73 Å². The zero-order chi connectivity index (χ0) is 19.1. The van der Waals surface area contributed by atoms with Crippen molar-refractivity contribution < 1.29 is 9.59 Å². The fraction of sp³-hybridized carbons (Fsp3) is 0.474. The van der Waals surface area contributed by atoms with Crippen molar-refractivity contribution in [2.24, 2.45) is 5.73 Å². The maximum atomic E-state index is 12.8. The first kappa shape index (κ1) is 19.0. The van der Waals surface area contributed by atoms with Crippen LogP contribution in [0.15, 0.2) is 43.0 Å². The minimum Gasteiger partial charge on any atom is -0.370 e. The minimum absolute atomic E-state index is 0.0271. The smallest absolute Gasteiger partial charge is 0.237 e. The number of amides is 2. The van der Waals surface area contributed by atoms with Crippen LogP contribution in [0.5, 0.6) is 0 Å². The van der Waals surface area contributed by atoms with E-state index in [1.165, 1.54) is 0 Å². The first-order chi connectivity index (χ1) is 13.1. The molecule has 2 N–H and O–H groups in total. The molecule has 27 heavy (non-hydrogen) atoms. The van der Waals surface area contributed by atoms with Gasteiger partial charge in [0.15, 0.2) is 0 Å². The molecule has 2 aromatic rings. The Balaban J connectivity index is 1.54. The van der Waals surface area contributed by atoms with Crippen LogP contribution in [0.3, 0.4) is 0 Å². The summed E-state index contributed by atoms with van der Waals surface area (Å²) in [4.78, 5) is 31.9. The molecule has 1 saturated heterocycles. The van der Waals surface area contributed by atoms with E-state index in [0.29, 0.717) is 25.7 Å². The van der Waals surface area contributed by atoms with E-state index in [2.05, 4.69) is 15.0 Å². The van der Waals surface area contributed by atoms with Crippen molar-refractivity contribution in [3.63, 3.8) is 0 Å². The zero-order valence-corrected chi connectivity index (χ0v) is 15.4. The number of likely N-dealkylation sites (tertiary alicyclic amines) is 1. The second-order valence-corrected chi connectivity index (χ2v) is 6.90. The molecule has 0 spiro atoms. The molecule has 0 bridgehead atoms. The Bertz CT molecular complexity index is 726. The van der Waals surface area contributed by atoms with Crippen molar-refractivity contribution in [1.29, 1.82) is 0 Å². The van der Waals surface area contributed by atoms with E-state index in [1.54, 1.807) is 17.6 Å². The Morgan fingerprint density at radius 1 is 1.19 bits per heavy atom. The van der Waals surface area contributed by atoms with Gasteiger partial charge in [0.05, 0.1) is 12.6 Å². The number of rotatable bonds is 8. The number of carbonyl (C=O) groups excluding carboxylic acids is 2. The highest BCUT2D eigenvalue weighted by Gasteiger charge is 2.24. The molecule has 1 aromatic heterocycles. The number of benzene rings is 1. The highest BCUT2D eigenvalue weighted by atomic mass is 16.2. The van der Waals surface area contributed by atoms with Crippen LogP contribution in [0.25, 0.3) is 0 Å². The fourth-order valence-corrected chi connectivity index (χ4v) is 3.38. The number of nitrogens with two attached hydrogens (primary N) is 1. The summed E-state index contributed by atoms with van der Waals surface area (Å²) in [6.45, 7) is 2.87. The number of piperidine rings is 1. The van der Waals surface area contributed by atoms with Crippen LogP contribution in [0, 0.1) is 0 Å². The predicted molar refractivity (Wildman–Crippen MR) is 100 cm³/mol. The minimum atomic E-state index is -0.394. The molecule has 2 heterocycles. The average Bonchev–Trinajstić information content (AvgIpc) is 3.21. The van der Waals surface area contributed by atoms with Crippen LogP contribution in [0.2, 0.25) is 0 Å². The second-order valence-electron chi connectivity index (χ2n) is 6.90. The molecule has 8 nitrogen and oxygen atoms in total. The molecular formula is C19H26N6O2. The molecule has 1 aromatic carbocycles. The van der Waals surface area contributed by atoms with Crippen molar-refractivity contribution >= 4 is 11.8 Å². The molecule has 3 rings (SSSR count). The predicted octanol–water partition coefficient (Wildman–Crippen LogP) is 0.819. The Hall–Kier alpha value is -2.74. The van der Waals surface area contributed by atoms with Crippen molar-refractivity contribution in [1.82, 2.24) is 24.6 Å². The largest absolute Gasteiger partial charge is 0.370 e. The van der Waals surface area contributed by atoms with Gasteiger partial charge in [0.1, 0.15) is 12.7 Å². The maximum absolute atomic E-state index is 12.8. The number of aromatic nitrogens is 3. The Morgan fingerprint density at radius 3 is 2.56 bits per heavy atom. The molecule has 0 unspecified atom stereocenters. The van der Waals surface area contributed by atoms with E-state index in [1.807, 2.05) is 35.0 Å². The van der Waals surface area contributed by atoms with Gasteiger partial charge >= 0.3 is 0 Å². The molecule has 1 fully saturated rings. The van der Waals surface area contributed by atoms with E-state index in [-0.39, 0.29) is 12.3 Å². The summed E-state index contributed by atoms with van der Waals surface area (Å²) in [7, 11) is 0. The molecule has 0 atom stereocenters. The van der Waals surface area contributed by atoms with Crippen molar-refractivity contribution in [2.75, 3.05) is 26.2 Å². The fourth-order valence-electron chi connectivity index (χ4n) is 3.38. The van der Waals surface area contributed by atoms with Gasteiger partial charge < -0.3 is 10.6 Å². The van der Waals surface area contributed by atoms with Gasteiger partial charge in [-0.3, -0.25) is 14.5 Å². The molecule has 0 saturated carbocycles. The molecule has 144 valence electrons. The van der Waals surface area contributed by atoms with E-state index < -0.39 is 5.91 Å². The maximum Gasteiger partial charge on any atom is 0.237 e. The van der Waals surface area contributed by atoms with Crippen LogP contribution < -0.4 is 5.73 Å². The summed E-state index contributed by atoms with van der Waals surface area (Å²) in [5.74, 6) is -0.367. The standard InChI is InChI=1S/C19H26N6O2/c20-18(26)8-11-24(12-16-4-2-1-3-5-16)19(27)13-23-9-6-17(7-10-23)25-15-21-14-22-25/h1-5,14-15,17H,6-13H2,(H2,20,26). The summed E-state index contributed by atoms with van der Waals surface area (Å²) in [6, 6.07) is 10.1. The van der Waals surface area contributed by atoms with E-state index in [0.717, 1.165) is 31.5 Å². The van der Waals surface area contributed by atoms with Crippen LogP contribution in [-0.4, -0.2) is 62.6 Å². The third-order valence-corrected chi connectivity index (χ3v) is 4.92. The monoisotopic (exact) mass is 370 g/mol. The number of hydrogen-bond donors (Lipinski definition) is 1. The van der Waals surface area contributed by atoms with Crippen molar-refractivity contribution in [3.05, 3.63) is 48.5 Å². The Labute approximate surface area is 159 Å². The Morgan fingerprint density at radius 2 is 1.93 bits per heavy atom.